The minimum absolute atomic E-state index is 0.0598. The number of anilines is 1. The molecule has 2 N–H and O–H groups in total. The van der Waals surface area contributed by atoms with E-state index < -0.39 is 6.04 Å². The van der Waals surface area contributed by atoms with Crippen LogP contribution in [0.1, 0.15) is 12.5 Å². The number of halogens is 2. The van der Waals surface area contributed by atoms with Crippen LogP contribution in [-0.2, 0) is 16.0 Å². The first-order valence-corrected chi connectivity index (χ1v) is 9.28. The average Bonchev–Trinajstić information content (AvgIpc) is 2.64. The van der Waals surface area contributed by atoms with Gasteiger partial charge in [-0.1, -0.05) is 12.1 Å². The molecule has 1 aromatic heterocycles. The summed E-state index contributed by atoms with van der Waals surface area (Å²) in [5, 5.41) is 5.52. The summed E-state index contributed by atoms with van der Waals surface area (Å²) in [6.45, 7) is 2.24. The zero-order chi connectivity index (χ0) is 19.8. The maximum Gasteiger partial charge on any atom is 0.239 e. The van der Waals surface area contributed by atoms with Gasteiger partial charge in [0.05, 0.1) is 12.6 Å². The SMILES string of the molecule is CC(C(=O)NCCc1ccc(F)cc1)N(C)CC(=O)Nc1ccc(Br)cn1. The van der Waals surface area contributed by atoms with Gasteiger partial charge < -0.3 is 10.6 Å². The van der Waals surface area contributed by atoms with Crippen LogP contribution in [-0.4, -0.2) is 47.9 Å². The first kappa shape index (κ1) is 21.0. The molecule has 0 spiro atoms. The maximum atomic E-state index is 12.9. The number of likely N-dealkylation sites (N-methyl/N-ethyl adjacent to an activating group) is 1. The number of hydrogen-bond acceptors (Lipinski definition) is 4. The van der Waals surface area contributed by atoms with Crippen molar-refractivity contribution in [3.05, 3.63) is 58.4 Å². The van der Waals surface area contributed by atoms with Crippen molar-refractivity contribution in [2.75, 3.05) is 25.5 Å². The fourth-order valence-corrected chi connectivity index (χ4v) is 2.56. The van der Waals surface area contributed by atoms with Crippen molar-refractivity contribution in [1.82, 2.24) is 15.2 Å². The molecule has 2 rings (SSSR count). The van der Waals surface area contributed by atoms with Crippen molar-refractivity contribution >= 4 is 33.6 Å². The lowest BCUT2D eigenvalue weighted by molar-refractivity contribution is -0.126. The summed E-state index contributed by atoms with van der Waals surface area (Å²) in [5.74, 6) is -0.255. The second-order valence-corrected chi connectivity index (χ2v) is 7.08. The van der Waals surface area contributed by atoms with Gasteiger partial charge in [-0.15, -0.1) is 0 Å². The van der Waals surface area contributed by atoms with Crippen LogP contribution >= 0.6 is 15.9 Å². The number of carbonyl (C=O) groups excluding carboxylic acids is 2. The Kier molecular flexibility index (Phi) is 7.87. The molecule has 0 aliphatic carbocycles. The molecule has 1 heterocycles. The van der Waals surface area contributed by atoms with Crippen LogP contribution in [0.2, 0.25) is 0 Å². The van der Waals surface area contributed by atoms with Gasteiger partial charge in [-0.2, -0.15) is 0 Å². The van der Waals surface area contributed by atoms with Gasteiger partial charge in [-0.25, -0.2) is 9.37 Å². The Balaban J connectivity index is 1.74. The summed E-state index contributed by atoms with van der Waals surface area (Å²) in [4.78, 5) is 30.1. The lowest BCUT2D eigenvalue weighted by Crippen LogP contribution is -2.46. The Labute approximate surface area is 166 Å². The second-order valence-electron chi connectivity index (χ2n) is 6.17. The molecule has 1 unspecified atom stereocenters. The van der Waals surface area contributed by atoms with E-state index in [0.717, 1.165) is 10.0 Å². The highest BCUT2D eigenvalue weighted by Gasteiger charge is 2.20. The molecule has 6 nitrogen and oxygen atoms in total. The van der Waals surface area contributed by atoms with Crippen LogP contribution < -0.4 is 10.6 Å². The van der Waals surface area contributed by atoms with E-state index >= 15 is 0 Å². The number of aromatic nitrogens is 1. The largest absolute Gasteiger partial charge is 0.354 e. The van der Waals surface area contributed by atoms with E-state index in [1.54, 1.807) is 49.3 Å². The van der Waals surface area contributed by atoms with Crippen LogP contribution in [0.15, 0.2) is 47.1 Å². The van der Waals surface area contributed by atoms with Crippen LogP contribution in [0.25, 0.3) is 0 Å². The topological polar surface area (TPSA) is 74.3 Å². The molecule has 2 amide bonds. The monoisotopic (exact) mass is 436 g/mol. The van der Waals surface area contributed by atoms with E-state index in [4.69, 9.17) is 0 Å². The Morgan fingerprint density at radius 3 is 2.56 bits per heavy atom. The Hall–Kier alpha value is -2.32. The van der Waals surface area contributed by atoms with E-state index in [0.29, 0.717) is 18.8 Å². The van der Waals surface area contributed by atoms with E-state index in [-0.39, 0.29) is 24.2 Å². The Morgan fingerprint density at radius 2 is 1.93 bits per heavy atom. The number of hydrogen-bond donors (Lipinski definition) is 2. The van der Waals surface area contributed by atoms with Gasteiger partial charge in [0.1, 0.15) is 11.6 Å². The number of benzene rings is 1. The van der Waals surface area contributed by atoms with E-state index in [9.17, 15) is 14.0 Å². The van der Waals surface area contributed by atoms with Gasteiger partial charge in [0.2, 0.25) is 11.8 Å². The number of pyridine rings is 1. The molecule has 0 fully saturated rings. The number of nitrogens with one attached hydrogen (secondary N) is 2. The molecule has 27 heavy (non-hydrogen) atoms. The smallest absolute Gasteiger partial charge is 0.239 e. The van der Waals surface area contributed by atoms with Crippen LogP contribution in [0, 0.1) is 5.82 Å². The minimum atomic E-state index is -0.471. The van der Waals surface area contributed by atoms with Gasteiger partial charge in [0.15, 0.2) is 0 Å². The highest BCUT2D eigenvalue weighted by molar-refractivity contribution is 9.10. The Morgan fingerprint density at radius 1 is 1.22 bits per heavy atom. The fourth-order valence-electron chi connectivity index (χ4n) is 2.32. The number of nitrogens with zero attached hydrogens (tertiary/aromatic N) is 2. The lowest BCUT2D eigenvalue weighted by atomic mass is 10.1. The maximum absolute atomic E-state index is 12.9. The van der Waals surface area contributed by atoms with Gasteiger partial charge >= 0.3 is 0 Å². The zero-order valence-electron chi connectivity index (χ0n) is 15.2. The number of carbonyl (C=O) groups is 2. The lowest BCUT2D eigenvalue weighted by Gasteiger charge is -2.23. The number of rotatable bonds is 8. The minimum Gasteiger partial charge on any atom is -0.354 e. The molecule has 0 aliphatic rings. The van der Waals surface area contributed by atoms with Gasteiger partial charge in [-0.3, -0.25) is 14.5 Å². The molecule has 2 aromatic rings. The van der Waals surface area contributed by atoms with E-state index in [1.165, 1.54) is 12.1 Å². The molecule has 144 valence electrons. The summed E-state index contributed by atoms with van der Waals surface area (Å²) >= 11 is 3.28. The summed E-state index contributed by atoms with van der Waals surface area (Å²) in [6, 6.07) is 9.17. The highest BCUT2D eigenvalue weighted by Crippen LogP contribution is 2.10. The molecule has 1 aromatic carbocycles. The average molecular weight is 437 g/mol. The van der Waals surface area contributed by atoms with Crippen LogP contribution in [0.5, 0.6) is 0 Å². The molecule has 0 saturated heterocycles. The summed E-state index contributed by atoms with van der Waals surface area (Å²) in [5.41, 5.74) is 0.944. The molecule has 0 radical (unpaired) electrons. The third kappa shape index (κ3) is 7.07. The third-order valence-electron chi connectivity index (χ3n) is 4.05. The number of amides is 2. The molecule has 0 saturated carbocycles. The van der Waals surface area contributed by atoms with Gasteiger partial charge in [0, 0.05) is 17.2 Å². The van der Waals surface area contributed by atoms with Crippen molar-refractivity contribution < 1.29 is 14.0 Å². The zero-order valence-corrected chi connectivity index (χ0v) is 16.8. The molecule has 8 heteroatoms. The first-order chi connectivity index (χ1) is 12.8. The third-order valence-corrected chi connectivity index (χ3v) is 4.52. The predicted molar refractivity (Wildman–Crippen MR) is 106 cm³/mol. The molecule has 0 bridgehead atoms. The van der Waals surface area contributed by atoms with E-state index in [1.807, 2.05) is 0 Å². The van der Waals surface area contributed by atoms with Crippen LogP contribution in [0.3, 0.4) is 0 Å². The first-order valence-electron chi connectivity index (χ1n) is 8.49. The fraction of sp³-hybridized carbons (Fsp3) is 0.316. The quantitative estimate of drug-likeness (QED) is 0.666. The molecule has 1 atom stereocenters. The molecular weight excluding hydrogens is 415 g/mol. The molecular formula is C19H22BrFN4O2. The summed E-state index contributed by atoms with van der Waals surface area (Å²) < 4.78 is 13.7. The van der Waals surface area contributed by atoms with E-state index in [2.05, 4.69) is 31.5 Å². The normalized spacial score (nSPS) is 11.9. The Bertz CT molecular complexity index is 768. The van der Waals surface area contributed by atoms with Crippen molar-refractivity contribution in [2.45, 2.75) is 19.4 Å². The van der Waals surface area contributed by atoms with Crippen molar-refractivity contribution in [3.63, 3.8) is 0 Å². The van der Waals surface area contributed by atoms with Crippen molar-refractivity contribution in [3.8, 4) is 0 Å². The van der Waals surface area contributed by atoms with Crippen molar-refractivity contribution in [1.29, 1.82) is 0 Å². The standard InChI is InChI=1S/C19H22BrFN4O2/c1-13(19(27)22-10-9-14-3-6-16(21)7-4-14)25(2)12-18(26)24-17-8-5-15(20)11-23-17/h3-8,11,13H,9-10,12H2,1-2H3,(H,22,27)(H,23,24,26). The predicted octanol–water partition coefficient (Wildman–Crippen LogP) is 2.60. The second kappa shape index (κ2) is 10.1. The molecule has 0 aliphatic heterocycles. The summed E-state index contributed by atoms with van der Waals surface area (Å²) in [7, 11) is 1.71. The van der Waals surface area contributed by atoms with Gasteiger partial charge in [0.25, 0.3) is 0 Å². The van der Waals surface area contributed by atoms with Gasteiger partial charge in [-0.05, 0) is 66.2 Å². The highest BCUT2D eigenvalue weighted by atomic mass is 79.9. The summed E-state index contributed by atoms with van der Waals surface area (Å²) in [6.07, 6.45) is 2.20. The van der Waals surface area contributed by atoms with Crippen LogP contribution in [0.4, 0.5) is 10.2 Å². The van der Waals surface area contributed by atoms with Crippen molar-refractivity contribution in [2.24, 2.45) is 0 Å².